The molecule has 5 nitrogen and oxygen atoms in total. The third-order valence-corrected chi connectivity index (χ3v) is 2.42. The summed E-state index contributed by atoms with van der Waals surface area (Å²) in [4.78, 5) is 26.0. The van der Waals surface area contributed by atoms with Gasteiger partial charge in [-0.2, -0.15) is 0 Å². The van der Waals surface area contributed by atoms with Gasteiger partial charge >= 0.3 is 5.97 Å². The fraction of sp³-hybridized carbons (Fsp3) is 0.444. The molecule has 0 bridgehead atoms. The van der Waals surface area contributed by atoms with Gasteiger partial charge in [0, 0.05) is 24.6 Å². The van der Waals surface area contributed by atoms with Crippen molar-refractivity contribution in [1.82, 2.24) is 9.55 Å². The van der Waals surface area contributed by atoms with Gasteiger partial charge in [0.1, 0.15) is 12.4 Å². The highest BCUT2D eigenvalue weighted by Gasteiger charge is 2.16. The molecule has 15 heavy (non-hydrogen) atoms. The summed E-state index contributed by atoms with van der Waals surface area (Å²) in [5, 5.41) is 0.438. The van der Waals surface area contributed by atoms with E-state index in [1.165, 1.54) is 24.0 Å². The summed E-state index contributed by atoms with van der Waals surface area (Å²) in [7, 11) is 0. The van der Waals surface area contributed by atoms with E-state index in [9.17, 15) is 9.59 Å². The Morgan fingerprint density at radius 2 is 2.33 bits per heavy atom. The number of nitrogens with zero attached hydrogens (tertiary/aromatic N) is 2. The number of alkyl halides is 1. The third-order valence-electron chi connectivity index (χ3n) is 1.70. The molecule has 0 saturated heterocycles. The number of halogens is 1. The minimum absolute atomic E-state index is 0.140. The van der Waals surface area contributed by atoms with E-state index in [1.807, 2.05) is 0 Å². The van der Waals surface area contributed by atoms with Gasteiger partial charge in [0.2, 0.25) is 5.91 Å². The highest BCUT2D eigenvalue weighted by molar-refractivity contribution is 9.09. The lowest BCUT2D eigenvalue weighted by atomic mass is 10.2. The zero-order valence-electron chi connectivity index (χ0n) is 8.22. The van der Waals surface area contributed by atoms with Crippen molar-refractivity contribution in [2.24, 2.45) is 0 Å². The Kier molecular flexibility index (Phi) is 4.48. The van der Waals surface area contributed by atoms with Gasteiger partial charge in [-0.15, -0.1) is 0 Å². The predicted octanol–water partition coefficient (Wildman–Crippen LogP) is 1.24. The first kappa shape index (κ1) is 11.9. The monoisotopic (exact) mass is 274 g/mol. The smallest absolute Gasteiger partial charge is 0.302 e. The normalized spacial score (nSPS) is 12.1. The molecule has 0 N–H and O–H groups in total. The van der Waals surface area contributed by atoms with Crippen LogP contribution in [0.1, 0.15) is 18.1 Å². The summed E-state index contributed by atoms with van der Waals surface area (Å²) in [6.45, 7) is 1.32. The summed E-state index contributed by atoms with van der Waals surface area (Å²) in [5.74, 6) is -0.545. The average Bonchev–Trinajstić information content (AvgIpc) is 2.68. The first-order chi connectivity index (χ1) is 7.13. The summed E-state index contributed by atoms with van der Waals surface area (Å²) >= 11 is 3.18. The van der Waals surface area contributed by atoms with Crippen LogP contribution in [0.4, 0.5) is 0 Å². The molecule has 0 aliphatic rings. The van der Waals surface area contributed by atoms with Gasteiger partial charge in [-0.05, 0) is 0 Å². The second-order valence-electron chi connectivity index (χ2n) is 2.95. The van der Waals surface area contributed by atoms with Gasteiger partial charge < -0.3 is 4.74 Å². The molecule has 1 aromatic rings. The SMILES string of the molecule is CC(=O)O[C@H](CBr)CC(=O)n1ccnc1. The van der Waals surface area contributed by atoms with Crippen molar-refractivity contribution in [1.29, 1.82) is 0 Å². The van der Waals surface area contributed by atoms with E-state index in [1.54, 1.807) is 6.20 Å². The van der Waals surface area contributed by atoms with Crippen LogP contribution in [-0.4, -0.2) is 32.9 Å². The lowest BCUT2D eigenvalue weighted by Gasteiger charge is -2.13. The summed E-state index contributed by atoms with van der Waals surface area (Å²) in [6.07, 6.45) is 4.20. The molecule has 0 aliphatic heterocycles. The Bertz CT molecular complexity index is 337. The van der Waals surface area contributed by atoms with Crippen LogP contribution in [0.3, 0.4) is 0 Å². The van der Waals surface area contributed by atoms with Gasteiger partial charge in [0.15, 0.2) is 0 Å². The number of ether oxygens (including phenoxy) is 1. The number of hydrogen-bond acceptors (Lipinski definition) is 4. The zero-order valence-corrected chi connectivity index (χ0v) is 9.81. The first-order valence-corrected chi connectivity index (χ1v) is 5.50. The van der Waals surface area contributed by atoms with Crippen molar-refractivity contribution in [2.45, 2.75) is 19.4 Å². The van der Waals surface area contributed by atoms with Gasteiger partial charge in [0.25, 0.3) is 0 Å². The molecular formula is C9H11BrN2O3. The van der Waals surface area contributed by atoms with E-state index in [-0.39, 0.29) is 12.3 Å². The Morgan fingerprint density at radius 3 is 2.80 bits per heavy atom. The fourth-order valence-electron chi connectivity index (χ4n) is 1.07. The lowest BCUT2D eigenvalue weighted by molar-refractivity contribution is -0.144. The quantitative estimate of drug-likeness (QED) is 0.612. The highest BCUT2D eigenvalue weighted by atomic mass is 79.9. The molecule has 1 aromatic heterocycles. The van der Waals surface area contributed by atoms with Crippen LogP contribution in [0.25, 0.3) is 0 Å². The van der Waals surface area contributed by atoms with Crippen molar-refractivity contribution in [3.8, 4) is 0 Å². The molecule has 0 amide bonds. The molecule has 1 atom stereocenters. The Labute approximate surface area is 95.6 Å². The minimum Gasteiger partial charge on any atom is -0.461 e. The van der Waals surface area contributed by atoms with Crippen molar-refractivity contribution in [2.75, 3.05) is 5.33 Å². The van der Waals surface area contributed by atoms with Crippen molar-refractivity contribution < 1.29 is 14.3 Å². The highest BCUT2D eigenvalue weighted by Crippen LogP contribution is 2.05. The van der Waals surface area contributed by atoms with E-state index in [4.69, 9.17) is 4.74 Å². The van der Waals surface area contributed by atoms with Crippen LogP contribution in [0.2, 0.25) is 0 Å². The maximum Gasteiger partial charge on any atom is 0.302 e. The average molecular weight is 275 g/mol. The molecule has 0 saturated carbocycles. The zero-order chi connectivity index (χ0) is 11.3. The predicted molar refractivity (Wildman–Crippen MR) is 56.8 cm³/mol. The first-order valence-electron chi connectivity index (χ1n) is 4.38. The van der Waals surface area contributed by atoms with Crippen LogP contribution in [0, 0.1) is 0 Å². The number of hydrogen-bond donors (Lipinski definition) is 0. The van der Waals surface area contributed by atoms with E-state index in [0.29, 0.717) is 5.33 Å². The largest absolute Gasteiger partial charge is 0.461 e. The van der Waals surface area contributed by atoms with Gasteiger partial charge in [0.05, 0.1) is 6.42 Å². The number of aromatic nitrogens is 2. The van der Waals surface area contributed by atoms with Crippen LogP contribution in [-0.2, 0) is 9.53 Å². The van der Waals surface area contributed by atoms with E-state index in [2.05, 4.69) is 20.9 Å². The number of esters is 1. The van der Waals surface area contributed by atoms with Gasteiger partial charge in [-0.1, -0.05) is 15.9 Å². The number of carbonyl (C=O) groups excluding carboxylic acids is 2. The Hall–Kier alpha value is -1.17. The summed E-state index contributed by atoms with van der Waals surface area (Å²) < 4.78 is 6.29. The molecule has 0 fully saturated rings. The molecule has 1 rings (SSSR count). The molecule has 0 radical (unpaired) electrons. The maximum absolute atomic E-state index is 11.6. The second kappa shape index (κ2) is 5.65. The number of imidazole rings is 1. The van der Waals surface area contributed by atoms with E-state index in [0.717, 1.165) is 0 Å². The van der Waals surface area contributed by atoms with E-state index < -0.39 is 12.1 Å². The molecule has 82 valence electrons. The molecule has 6 heteroatoms. The third kappa shape index (κ3) is 3.83. The second-order valence-corrected chi connectivity index (χ2v) is 3.60. The molecule has 0 spiro atoms. The van der Waals surface area contributed by atoms with Crippen LogP contribution >= 0.6 is 15.9 Å². The summed E-state index contributed by atoms with van der Waals surface area (Å²) in [6, 6.07) is 0. The van der Waals surface area contributed by atoms with Gasteiger partial charge in [-0.25, -0.2) is 4.98 Å². The number of rotatable bonds is 4. The Balaban J connectivity index is 2.52. The Morgan fingerprint density at radius 1 is 1.60 bits per heavy atom. The molecule has 1 heterocycles. The van der Waals surface area contributed by atoms with Crippen molar-refractivity contribution in [3.63, 3.8) is 0 Å². The van der Waals surface area contributed by atoms with Crippen LogP contribution in [0.5, 0.6) is 0 Å². The topological polar surface area (TPSA) is 61.2 Å². The lowest BCUT2D eigenvalue weighted by Crippen LogP contribution is -2.24. The fourth-order valence-corrected chi connectivity index (χ4v) is 1.43. The number of carbonyl (C=O) groups is 2. The van der Waals surface area contributed by atoms with Crippen molar-refractivity contribution in [3.05, 3.63) is 18.7 Å². The molecule has 0 aromatic carbocycles. The molecular weight excluding hydrogens is 264 g/mol. The van der Waals surface area contributed by atoms with E-state index >= 15 is 0 Å². The summed E-state index contributed by atoms with van der Waals surface area (Å²) in [5.41, 5.74) is 0. The van der Waals surface area contributed by atoms with Crippen molar-refractivity contribution >= 4 is 27.8 Å². The minimum atomic E-state index is -0.433. The van der Waals surface area contributed by atoms with Gasteiger partial charge in [-0.3, -0.25) is 14.2 Å². The van der Waals surface area contributed by atoms with Crippen LogP contribution < -0.4 is 0 Å². The standard InChI is InChI=1S/C9H11BrN2O3/c1-7(13)15-8(5-10)4-9(14)12-3-2-11-6-12/h2-3,6,8H,4-5H2,1H3/t8-/m0/s1. The molecule has 0 unspecified atom stereocenters. The molecule has 0 aliphatic carbocycles. The van der Waals surface area contributed by atoms with Crippen LogP contribution in [0.15, 0.2) is 18.7 Å². The maximum atomic E-state index is 11.6.